The molecule has 18 heavy (non-hydrogen) atoms. The Morgan fingerprint density at radius 2 is 1.89 bits per heavy atom. The van der Waals surface area contributed by atoms with Crippen LogP contribution in [-0.2, 0) is 4.79 Å². The van der Waals surface area contributed by atoms with Gasteiger partial charge < -0.3 is 10.6 Å². The van der Waals surface area contributed by atoms with Gasteiger partial charge in [-0.1, -0.05) is 17.7 Å². The summed E-state index contributed by atoms with van der Waals surface area (Å²) in [6.45, 7) is 3.74. The summed E-state index contributed by atoms with van der Waals surface area (Å²) >= 11 is 1.57. The molecule has 0 atom stereocenters. The maximum Gasteiger partial charge on any atom is 0.230 e. The Labute approximate surface area is 120 Å². The second-order valence-corrected chi connectivity index (χ2v) is 4.96. The molecule has 0 radical (unpaired) electrons. The fraction of sp³-hybridized carbons (Fsp3) is 0.462. The highest BCUT2D eigenvalue weighted by molar-refractivity contribution is 8.00. The second kappa shape index (κ2) is 10.2. The van der Waals surface area contributed by atoms with Crippen LogP contribution in [0.4, 0.5) is 0 Å². The second-order valence-electron chi connectivity index (χ2n) is 3.91. The molecule has 0 aliphatic heterocycles. The van der Waals surface area contributed by atoms with Gasteiger partial charge in [0.2, 0.25) is 5.91 Å². The van der Waals surface area contributed by atoms with Crippen LogP contribution in [0.5, 0.6) is 0 Å². The van der Waals surface area contributed by atoms with Gasteiger partial charge in [-0.2, -0.15) is 0 Å². The van der Waals surface area contributed by atoms with Gasteiger partial charge in [-0.3, -0.25) is 4.79 Å². The molecule has 102 valence electrons. The largest absolute Gasteiger partial charge is 0.355 e. The molecule has 5 heteroatoms. The van der Waals surface area contributed by atoms with Gasteiger partial charge in [0.05, 0.1) is 5.75 Å². The quantitative estimate of drug-likeness (QED) is 0.597. The Bertz CT molecular complexity index is 343. The molecule has 0 aliphatic rings. The van der Waals surface area contributed by atoms with Crippen LogP contribution in [0.25, 0.3) is 0 Å². The summed E-state index contributed by atoms with van der Waals surface area (Å²) in [5, 5.41) is 5.95. The van der Waals surface area contributed by atoms with E-state index in [1.807, 2.05) is 19.2 Å². The standard InChI is InChI=1S/C13H20N2OS.ClH/c1-11-4-6-12(7-5-11)17-10-13(16)15-9-3-8-14-2;/h4-7,14H,3,8-10H2,1-2H3,(H,15,16);1H. The van der Waals surface area contributed by atoms with Crippen molar-refractivity contribution >= 4 is 30.1 Å². The van der Waals surface area contributed by atoms with Crippen molar-refractivity contribution in [3.05, 3.63) is 29.8 Å². The summed E-state index contributed by atoms with van der Waals surface area (Å²) in [6.07, 6.45) is 0.970. The number of carbonyl (C=O) groups excluding carboxylic acids is 1. The number of aryl methyl sites for hydroxylation is 1. The van der Waals surface area contributed by atoms with Crippen molar-refractivity contribution in [1.82, 2.24) is 10.6 Å². The Hall–Kier alpha value is -0.710. The van der Waals surface area contributed by atoms with Crippen molar-refractivity contribution in [2.24, 2.45) is 0 Å². The summed E-state index contributed by atoms with van der Waals surface area (Å²) in [5.74, 6) is 0.592. The van der Waals surface area contributed by atoms with E-state index in [9.17, 15) is 4.79 Å². The first-order valence-corrected chi connectivity index (χ1v) is 6.81. The SMILES string of the molecule is CNCCCNC(=O)CSc1ccc(C)cc1.Cl. The van der Waals surface area contributed by atoms with Crippen molar-refractivity contribution < 1.29 is 4.79 Å². The molecule has 1 rings (SSSR count). The van der Waals surface area contributed by atoms with Gasteiger partial charge in [-0.25, -0.2) is 0 Å². The summed E-state index contributed by atoms with van der Waals surface area (Å²) in [7, 11) is 1.91. The smallest absolute Gasteiger partial charge is 0.230 e. The zero-order chi connectivity index (χ0) is 12.5. The lowest BCUT2D eigenvalue weighted by molar-refractivity contribution is -0.118. The van der Waals surface area contributed by atoms with Gasteiger partial charge in [0, 0.05) is 11.4 Å². The highest BCUT2D eigenvalue weighted by Crippen LogP contribution is 2.17. The van der Waals surface area contributed by atoms with Gasteiger partial charge in [0.25, 0.3) is 0 Å². The highest BCUT2D eigenvalue weighted by Gasteiger charge is 2.01. The Balaban J connectivity index is 0.00000289. The van der Waals surface area contributed by atoms with Crippen molar-refractivity contribution in [3.8, 4) is 0 Å². The molecular weight excluding hydrogens is 268 g/mol. The molecule has 0 heterocycles. The first kappa shape index (κ1) is 17.3. The van der Waals surface area contributed by atoms with E-state index in [0.29, 0.717) is 5.75 Å². The molecule has 0 saturated carbocycles. The molecule has 0 saturated heterocycles. The molecule has 0 aliphatic carbocycles. The molecule has 1 aromatic rings. The van der Waals surface area contributed by atoms with Gasteiger partial charge in [-0.05, 0) is 39.1 Å². The normalized spacial score (nSPS) is 9.67. The van der Waals surface area contributed by atoms with Crippen LogP contribution < -0.4 is 10.6 Å². The summed E-state index contributed by atoms with van der Waals surface area (Å²) in [6, 6.07) is 8.23. The zero-order valence-corrected chi connectivity index (χ0v) is 12.5. The number of carbonyl (C=O) groups is 1. The van der Waals surface area contributed by atoms with Crippen LogP contribution >= 0.6 is 24.2 Å². The fourth-order valence-electron chi connectivity index (χ4n) is 1.33. The molecule has 3 nitrogen and oxygen atoms in total. The molecule has 0 unspecified atom stereocenters. The van der Waals surface area contributed by atoms with Crippen LogP contribution in [0, 0.1) is 6.92 Å². The van der Waals surface area contributed by atoms with Crippen molar-refractivity contribution in [1.29, 1.82) is 0 Å². The van der Waals surface area contributed by atoms with Gasteiger partial charge >= 0.3 is 0 Å². The number of rotatable bonds is 7. The molecule has 0 spiro atoms. The monoisotopic (exact) mass is 288 g/mol. The van der Waals surface area contributed by atoms with Crippen molar-refractivity contribution in [2.75, 3.05) is 25.9 Å². The third-order valence-corrected chi connectivity index (χ3v) is 3.33. The lowest BCUT2D eigenvalue weighted by Gasteiger charge is -2.05. The number of benzene rings is 1. The molecule has 0 bridgehead atoms. The van der Waals surface area contributed by atoms with Crippen LogP contribution in [0.15, 0.2) is 29.2 Å². The lowest BCUT2D eigenvalue weighted by atomic mass is 10.2. The molecule has 1 amide bonds. The minimum Gasteiger partial charge on any atom is -0.355 e. The minimum atomic E-state index is 0. The number of hydrogen-bond acceptors (Lipinski definition) is 3. The Kier molecular flexibility index (Phi) is 9.83. The summed E-state index contributed by atoms with van der Waals surface area (Å²) < 4.78 is 0. The first-order valence-electron chi connectivity index (χ1n) is 5.83. The predicted molar refractivity (Wildman–Crippen MR) is 80.7 cm³/mol. The summed E-state index contributed by atoms with van der Waals surface area (Å²) in [4.78, 5) is 12.6. The maximum absolute atomic E-state index is 11.5. The number of amides is 1. The number of halogens is 1. The number of nitrogens with one attached hydrogen (secondary N) is 2. The average molecular weight is 289 g/mol. The lowest BCUT2D eigenvalue weighted by Crippen LogP contribution is -2.27. The third kappa shape index (κ3) is 7.58. The third-order valence-electron chi connectivity index (χ3n) is 2.32. The Morgan fingerprint density at radius 1 is 1.22 bits per heavy atom. The van der Waals surface area contributed by atoms with Gasteiger partial charge in [0.15, 0.2) is 0 Å². The molecular formula is C13H21ClN2OS. The van der Waals surface area contributed by atoms with Crippen LogP contribution in [-0.4, -0.2) is 31.8 Å². The van der Waals surface area contributed by atoms with E-state index >= 15 is 0 Å². The highest BCUT2D eigenvalue weighted by atomic mass is 35.5. The first-order chi connectivity index (χ1) is 8.22. The molecule has 1 aromatic carbocycles. The van der Waals surface area contributed by atoms with E-state index in [1.165, 1.54) is 5.56 Å². The van der Waals surface area contributed by atoms with Crippen LogP contribution in [0.1, 0.15) is 12.0 Å². The summed E-state index contributed by atoms with van der Waals surface area (Å²) in [5.41, 5.74) is 1.24. The van der Waals surface area contributed by atoms with E-state index in [4.69, 9.17) is 0 Å². The maximum atomic E-state index is 11.5. The van der Waals surface area contributed by atoms with Crippen LogP contribution in [0.2, 0.25) is 0 Å². The number of thioether (sulfide) groups is 1. The van der Waals surface area contributed by atoms with E-state index in [-0.39, 0.29) is 18.3 Å². The van der Waals surface area contributed by atoms with E-state index < -0.39 is 0 Å². The van der Waals surface area contributed by atoms with E-state index in [1.54, 1.807) is 11.8 Å². The van der Waals surface area contributed by atoms with E-state index in [2.05, 4.69) is 29.7 Å². The molecule has 2 N–H and O–H groups in total. The molecule has 0 fully saturated rings. The number of hydrogen-bond donors (Lipinski definition) is 2. The van der Waals surface area contributed by atoms with Gasteiger partial charge in [0.1, 0.15) is 0 Å². The topological polar surface area (TPSA) is 41.1 Å². The zero-order valence-electron chi connectivity index (χ0n) is 10.9. The van der Waals surface area contributed by atoms with Crippen molar-refractivity contribution in [2.45, 2.75) is 18.2 Å². The van der Waals surface area contributed by atoms with Crippen LogP contribution in [0.3, 0.4) is 0 Å². The average Bonchev–Trinajstić information content (AvgIpc) is 2.34. The van der Waals surface area contributed by atoms with Crippen molar-refractivity contribution in [3.63, 3.8) is 0 Å². The Morgan fingerprint density at radius 3 is 2.50 bits per heavy atom. The predicted octanol–water partition coefficient (Wildman–Crippen LogP) is 2.23. The molecule has 0 aromatic heterocycles. The van der Waals surface area contributed by atoms with Gasteiger partial charge in [-0.15, -0.1) is 24.2 Å². The minimum absolute atomic E-state index is 0. The fourth-order valence-corrected chi connectivity index (χ4v) is 2.06. The van der Waals surface area contributed by atoms with E-state index in [0.717, 1.165) is 24.4 Å².